The van der Waals surface area contributed by atoms with Crippen LogP contribution in [0.2, 0.25) is 0 Å². The summed E-state index contributed by atoms with van der Waals surface area (Å²) in [6, 6.07) is 6.49. The van der Waals surface area contributed by atoms with E-state index in [1.807, 2.05) is 24.3 Å². The van der Waals surface area contributed by atoms with Crippen molar-refractivity contribution in [3.05, 3.63) is 36.0 Å². The molecular weight excluding hydrogens is 344 g/mol. The molecule has 1 amide bonds. The van der Waals surface area contributed by atoms with Gasteiger partial charge in [0.1, 0.15) is 6.04 Å². The Morgan fingerprint density at radius 1 is 1.32 bits per heavy atom. The molecule has 1 aromatic heterocycles. The van der Waals surface area contributed by atoms with E-state index in [0.717, 1.165) is 16.5 Å². The molecule has 0 saturated carbocycles. The van der Waals surface area contributed by atoms with Crippen LogP contribution in [0.1, 0.15) is 18.4 Å². The van der Waals surface area contributed by atoms with Gasteiger partial charge in [0.2, 0.25) is 5.91 Å². The summed E-state index contributed by atoms with van der Waals surface area (Å²) < 4.78 is 22.9. The van der Waals surface area contributed by atoms with Gasteiger partial charge in [-0.25, -0.2) is 13.2 Å². The van der Waals surface area contributed by atoms with Crippen molar-refractivity contribution in [1.82, 2.24) is 10.3 Å². The average Bonchev–Trinajstić information content (AvgIpc) is 3.10. The van der Waals surface area contributed by atoms with Crippen LogP contribution in [0.15, 0.2) is 30.5 Å². The zero-order valence-corrected chi connectivity index (χ0v) is 14.4. The zero-order valence-electron chi connectivity index (χ0n) is 13.6. The molecule has 1 fully saturated rings. The molecule has 8 heteroatoms. The first-order valence-electron chi connectivity index (χ1n) is 8.11. The second-order valence-electron chi connectivity index (χ2n) is 6.50. The first kappa shape index (κ1) is 17.5. The van der Waals surface area contributed by atoms with Crippen molar-refractivity contribution in [3.63, 3.8) is 0 Å². The molecule has 0 aliphatic carbocycles. The number of sulfone groups is 1. The van der Waals surface area contributed by atoms with Crippen LogP contribution in [0.3, 0.4) is 0 Å². The van der Waals surface area contributed by atoms with Gasteiger partial charge in [0.25, 0.3) is 0 Å². The molecule has 2 aromatic rings. The van der Waals surface area contributed by atoms with Gasteiger partial charge in [-0.3, -0.25) is 4.79 Å². The molecule has 0 radical (unpaired) electrons. The molecule has 1 aliphatic heterocycles. The smallest absolute Gasteiger partial charge is 0.326 e. The lowest BCUT2D eigenvalue weighted by molar-refractivity contribution is -0.141. The fourth-order valence-electron chi connectivity index (χ4n) is 3.27. The number of aliphatic carboxylic acids is 1. The summed E-state index contributed by atoms with van der Waals surface area (Å²) in [5.41, 5.74) is 1.72. The summed E-state index contributed by atoms with van der Waals surface area (Å²) in [7, 11) is -3.05. The maximum atomic E-state index is 12.1. The van der Waals surface area contributed by atoms with Gasteiger partial charge in [0.05, 0.1) is 11.5 Å². The molecule has 0 spiro atoms. The third-order valence-electron chi connectivity index (χ3n) is 4.53. The van der Waals surface area contributed by atoms with E-state index in [1.165, 1.54) is 0 Å². The zero-order chi connectivity index (χ0) is 18.0. The first-order chi connectivity index (χ1) is 11.8. The molecule has 2 heterocycles. The van der Waals surface area contributed by atoms with E-state index in [0.29, 0.717) is 6.42 Å². The maximum absolute atomic E-state index is 12.1. The fourth-order valence-corrected chi connectivity index (χ4v) is 5.13. The van der Waals surface area contributed by atoms with Crippen LogP contribution >= 0.6 is 0 Å². The molecule has 3 rings (SSSR count). The standard InChI is InChI=1S/C17H20N2O5S/c20-16(7-11-5-6-25(23,24)10-11)19-15(17(21)22)8-12-9-18-14-4-2-1-3-13(12)14/h1-4,9,11,15,18H,5-8,10H2,(H,19,20)(H,21,22)/t11-,15+/m1/s1. The Morgan fingerprint density at radius 2 is 2.08 bits per heavy atom. The minimum absolute atomic E-state index is 0.000601. The second kappa shape index (κ2) is 6.87. The lowest BCUT2D eigenvalue weighted by Crippen LogP contribution is -2.42. The van der Waals surface area contributed by atoms with Crippen molar-refractivity contribution in [2.75, 3.05) is 11.5 Å². The quantitative estimate of drug-likeness (QED) is 0.710. The second-order valence-corrected chi connectivity index (χ2v) is 8.72. The normalized spacial score (nSPS) is 20.4. The third-order valence-corrected chi connectivity index (χ3v) is 6.37. The fraction of sp³-hybridized carbons (Fsp3) is 0.412. The van der Waals surface area contributed by atoms with Gasteiger partial charge >= 0.3 is 5.97 Å². The molecule has 1 saturated heterocycles. The third kappa shape index (κ3) is 4.19. The number of benzene rings is 1. The SMILES string of the molecule is O=C(C[C@H]1CCS(=O)(=O)C1)N[C@@H](Cc1c[nH]c2ccccc12)C(=O)O. The van der Waals surface area contributed by atoms with Crippen LogP contribution in [-0.4, -0.2) is 47.9 Å². The van der Waals surface area contributed by atoms with Crippen LogP contribution in [0.5, 0.6) is 0 Å². The molecule has 0 unspecified atom stereocenters. The van der Waals surface area contributed by atoms with E-state index in [9.17, 15) is 23.1 Å². The number of rotatable bonds is 6. The largest absolute Gasteiger partial charge is 0.480 e. The Kier molecular flexibility index (Phi) is 4.80. The Labute approximate surface area is 145 Å². The topological polar surface area (TPSA) is 116 Å². The molecular formula is C17H20N2O5S. The predicted octanol–water partition coefficient (Wildman–Crippen LogP) is 1.10. The lowest BCUT2D eigenvalue weighted by Gasteiger charge is -2.15. The van der Waals surface area contributed by atoms with Crippen molar-refractivity contribution < 1.29 is 23.1 Å². The monoisotopic (exact) mass is 364 g/mol. The number of aromatic nitrogens is 1. The van der Waals surface area contributed by atoms with Gasteiger partial charge in [-0.2, -0.15) is 0 Å². The molecule has 2 atom stereocenters. The summed E-state index contributed by atoms with van der Waals surface area (Å²) in [6.07, 6.45) is 2.40. The highest BCUT2D eigenvalue weighted by Crippen LogP contribution is 2.22. The predicted molar refractivity (Wildman–Crippen MR) is 92.9 cm³/mol. The van der Waals surface area contributed by atoms with Crippen molar-refractivity contribution in [3.8, 4) is 0 Å². The molecule has 1 aromatic carbocycles. The van der Waals surface area contributed by atoms with Gasteiger partial charge in [0, 0.05) is 29.9 Å². The van der Waals surface area contributed by atoms with E-state index in [1.54, 1.807) is 6.20 Å². The van der Waals surface area contributed by atoms with E-state index < -0.39 is 27.8 Å². The highest BCUT2D eigenvalue weighted by Gasteiger charge is 2.30. The molecule has 25 heavy (non-hydrogen) atoms. The number of carboxylic acids is 1. The van der Waals surface area contributed by atoms with E-state index in [-0.39, 0.29) is 30.3 Å². The molecule has 134 valence electrons. The molecule has 0 bridgehead atoms. The van der Waals surface area contributed by atoms with E-state index >= 15 is 0 Å². The van der Waals surface area contributed by atoms with Crippen LogP contribution in [0.4, 0.5) is 0 Å². The Balaban J connectivity index is 1.65. The molecule has 3 N–H and O–H groups in total. The summed E-state index contributed by atoms with van der Waals surface area (Å²) >= 11 is 0. The Morgan fingerprint density at radius 3 is 2.76 bits per heavy atom. The number of hydrogen-bond acceptors (Lipinski definition) is 4. The van der Waals surface area contributed by atoms with Crippen LogP contribution in [0, 0.1) is 5.92 Å². The number of para-hydroxylation sites is 1. The number of hydrogen-bond donors (Lipinski definition) is 3. The van der Waals surface area contributed by atoms with Crippen molar-refractivity contribution in [2.24, 2.45) is 5.92 Å². The highest BCUT2D eigenvalue weighted by molar-refractivity contribution is 7.91. The van der Waals surface area contributed by atoms with Crippen LogP contribution in [0.25, 0.3) is 10.9 Å². The number of fused-ring (bicyclic) bond motifs is 1. The summed E-state index contributed by atoms with van der Waals surface area (Å²) in [6.45, 7) is 0. The van der Waals surface area contributed by atoms with Gasteiger partial charge in [-0.1, -0.05) is 18.2 Å². The first-order valence-corrected chi connectivity index (χ1v) is 9.94. The van der Waals surface area contributed by atoms with Crippen molar-refractivity contribution >= 4 is 32.6 Å². The minimum Gasteiger partial charge on any atom is -0.480 e. The van der Waals surface area contributed by atoms with E-state index in [2.05, 4.69) is 10.3 Å². The van der Waals surface area contributed by atoms with E-state index in [4.69, 9.17) is 0 Å². The molecule has 1 aliphatic rings. The van der Waals surface area contributed by atoms with Gasteiger partial charge < -0.3 is 15.4 Å². The lowest BCUT2D eigenvalue weighted by atomic mass is 10.0. The molecule has 7 nitrogen and oxygen atoms in total. The van der Waals surface area contributed by atoms with Gasteiger partial charge in [0.15, 0.2) is 9.84 Å². The van der Waals surface area contributed by atoms with Crippen LogP contribution < -0.4 is 5.32 Å². The number of amides is 1. The number of nitrogens with one attached hydrogen (secondary N) is 2. The van der Waals surface area contributed by atoms with Crippen molar-refractivity contribution in [2.45, 2.75) is 25.3 Å². The Bertz CT molecular complexity index is 903. The number of carbonyl (C=O) groups is 2. The highest BCUT2D eigenvalue weighted by atomic mass is 32.2. The minimum atomic E-state index is -3.05. The van der Waals surface area contributed by atoms with Crippen LogP contribution in [-0.2, 0) is 25.8 Å². The van der Waals surface area contributed by atoms with Gasteiger partial charge in [-0.15, -0.1) is 0 Å². The van der Waals surface area contributed by atoms with Gasteiger partial charge in [-0.05, 0) is 24.0 Å². The van der Waals surface area contributed by atoms with Crippen molar-refractivity contribution in [1.29, 1.82) is 0 Å². The average molecular weight is 364 g/mol. The number of H-pyrrole nitrogens is 1. The number of carboxylic acid groups (broad SMARTS) is 1. The maximum Gasteiger partial charge on any atom is 0.326 e. The summed E-state index contributed by atoms with van der Waals surface area (Å²) in [5, 5.41) is 12.9. The Hall–Kier alpha value is -2.35. The summed E-state index contributed by atoms with van der Waals surface area (Å²) in [4.78, 5) is 26.7. The number of carbonyl (C=O) groups excluding carboxylic acids is 1. The number of aromatic amines is 1. The summed E-state index contributed by atoms with van der Waals surface area (Å²) in [5.74, 6) is -1.66.